The van der Waals surface area contributed by atoms with Crippen molar-refractivity contribution in [3.63, 3.8) is 0 Å². The number of fused-ring (bicyclic) bond motifs is 1. The van der Waals surface area contributed by atoms with E-state index in [1.165, 1.54) is 0 Å². The number of amides is 2. The number of pyridine rings is 1. The molecule has 0 saturated carbocycles. The Kier molecular flexibility index (Phi) is 4.66. The van der Waals surface area contributed by atoms with E-state index in [-0.39, 0.29) is 12.1 Å². The lowest BCUT2D eigenvalue weighted by Crippen LogP contribution is -2.55. The summed E-state index contributed by atoms with van der Waals surface area (Å²) in [7, 11) is 2.11. The molecule has 2 unspecified atom stereocenters. The summed E-state index contributed by atoms with van der Waals surface area (Å²) in [5.41, 5.74) is 1.61. The third kappa shape index (κ3) is 3.17. The fraction of sp³-hybridized carbons (Fsp3) is 0.571. The second-order valence-electron chi connectivity index (χ2n) is 8.59. The minimum absolute atomic E-state index is 0.0748. The van der Waals surface area contributed by atoms with Crippen molar-refractivity contribution in [2.24, 2.45) is 11.3 Å². The quantitative estimate of drug-likeness (QED) is 0.868. The normalized spacial score (nSPS) is 27.8. The minimum atomic E-state index is -0.411. The molecular formula is C21H28N6O. The smallest absolute Gasteiger partial charge is 0.320 e. The Morgan fingerprint density at radius 1 is 1.39 bits per heavy atom. The molecule has 2 aliphatic rings. The van der Waals surface area contributed by atoms with Crippen LogP contribution in [-0.2, 0) is 0 Å². The van der Waals surface area contributed by atoms with Gasteiger partial charge in [0.2, 0.25) is 0 Å². The second kappa shape index (κ2) is 7.01. The summed E-state index contributed by atoms with van der Waals surface area (Å²) in [6, 6.07) is 6.78. The first-order valence-electron chi connectivity index (χ1n) is 10.0. The minimum Gasteiger partial charge on any atom is -0.369 e. The van der Waals surface area contributed by atoms with Gasteiger partial charge in [0.25, 0.3) is 0 Å². The molecule has 0 spiro atoms. The zero-order valence-electron chi connectivity index (χ0n) is 16.9. The number of rotatable bonds is 2. The van der Waals surface area contributed by atoms with E-state index >= 15 is 0 Å². The van der Waals surface area contributed by atoms with Crippen LogP contribution in [0.1, 0.15) is 26.7 Å². The molecule has 4 heterocycles. The van der Waals surface area contributed by atoms with Gasteiger partial charge in [-0.1, -0.05) is 6.92 Å². The first kappa shape index (κ1) is 18.6. The number of piperidine rings is 1. The van der Waals surface area contributed by atoms with Crippen LogP contribution < -0.4 is 4.90 Å². The molecule has 4 rings (SSSR count). The van der Waals surface area contributed by atoms with Crippen molar-refractivity contribution in [1.29, 1.82) is 5.26 Å². The van der Waals surface area contributed by atoms with E-state index in [0.717, 1.165) is 36.1 Å². The molecule has 28 heavy (non-hydrogen) atoms. The monoisotopic (exact) mass is 380 g/mol. The number of likely N-dealkylation sites (tertiary alicyclic amines) is 2. The van der Waals surface area contributed by atoms with Crippen LogP contribution >= 0.6 is 0 Å². The number of nitriles is 1. The van der Waals surface area contributed by atoms with E-state index in [1.807, 2.05) is 35.2 Å². The number of nitrogens with zero attached hydrogens (tertiary/aromatic N) is 5. The molecule has 2 aliphatic heterocycles. The highest BCUT2D eigenvalue weighted by molar-refractivity contribution is 5.89. The molecule has 7 heteroatoms. The lowest BCUT2D eigenvalue weighted by Gasteiger charge is -2.43. The van der Waals surface area contributed by atoms with E-state index in [0.29, 0.717) is 25.6 Å². The molecule has 7 nitrogen and oxygen atoms in total. The highest BCUT2D eigenvalue weighted by atomic mass is 16.2. The van der Waals surface area contributed by atoms with Crippen LogP contribution in [0.2, 0.25) is 0 Å². The Morgan fingerprint density at radius 3 is 2.96 bits per heavy atom. The summed E-state index contributed by atoms with van der Waals surface area (Å²) in [6.07, 6.45) is 5.47. The first-order valence-corrected chi connectivity index (χ1v) is 10.0. The number of likely N-dealkylation sites (N-methyl/N-ethyl adjacent to an activating group) is 1. The van der Waals surface area contributed by atoms with Crippen LogP contribution in [0.25, 0.3) is 11.0 Å². The topological polar surface area (TPSA) is 79.3 Å². The number of carbonyl (C=O) groups is 1. The molecule has 2 aromatic heterocycles. The predicted octanol–water partition coefficient (Wildman–Crippen LogP) is 3.07. The molecule has 3 atom stereocenters. The predicted molar refractivity (Wildman–Crippen MR) is 109 cm³/mol. The van der Waals surface area contributed by atoms with Crippen LogP contribution in [0.5, 0.6) is 0 Å². The van der Waals surface area contributed by atoms with E-state index in [9.17, 15) is 10.1 Å². The van der Waals surface area contributed by atoms with Crippen molar-refractivity contribution in [2.45, 2.75) is 32.7 Å². The number of hydrogen-bond acceptors (Lipinski definition) is 4. The molecule has 2 fully saturated rings. The van der Waals surface area contributed by atoms with Gasteiger partial charge in [0, 0.05) is 62.7 Å². The number of H-pyrrole nitrogens is 1. The fourth-order valence-electron chi connectivity index (χ4n) is 4.57. The zero-order chi connectivity index (χ0) is 19.9. The molecule has 2 saturated heterocycles. The summed E-state index contributed by atoms with van der Waals surface area (Å²) < 4.78 is 0. The van der Waals surface area contributed by atoms with Crippen LogP contribution in [0.15, 0.2) is 24.5 Å². The van der Waals surface area contributed by atoms with Gasteiger partial charge >= 0.3 is 6.03 Å². The van der Waals surface area contributed by atoms with E-state index in [4.69, 9.17) is 0 Å². The summed E-state index contributed by atoms with van der Waals surface area (Å²) in [6.45, 7) is 6.89. The van der Waals surface area contributed by atoms with Crippen LogP contribution in [0, 0.1) is 22.7 Å². The number of anilines is 1. The van der Waals surface area contributed by atoms with Gasteiger partial charge < -0.3 is 19.7 Å². The Hall–Kier alpha value is -2.75. The van der Waals surface area contributed by atoms with Gasteiger partial charge in [0.05, 0.1) is 11.5 Å². The number of carbonyl (C=O) groups excluding carboxylic acids is 1. The zero-order valence-corrected chi connectivity index (χ0v) is 16.9. The van der Waals surface area contributed by atoms with Crippen molar-refractivity contribution in [3.05, 3.63) is 24.5 Å². The van der Waals surface area contributed by atoms with E-state index in [1.54, 1.807) is 0 Å². The van der Waals surface area contributed by atoms with Gasteiger partial charge in [0.1, 0.15) is 5.65 Å². The molecule has 1 N–H and O–H groups in total. The van der Waals surface area contributed by atoms with E-state index in [2.05, 4.69) is 41.0 Å². The maximum atomic E-state index is 13.1. The molecule has 0 aromatic carbocycles. The Labute approximate surface area is 165 Å². The molecule has 2 amide bonds. The standard InChI is InChI=1S/C21H28N6O/c1-15-6-10-26(20(28)27-11-7-21(2,13-22)14-27)12-18(15)25(3)17-5-9-24-19-16(17)4-8-23-19/h4-5,8-9,15,18H,6-7,10-12,14H2,1-3H3,(H,23,24)/t15-,18?,21?/m1/s1. The number of urea groups is 1. The van der Waals surface area contributed by atoms with E-state index < -0.39 is 5.41 Å². The molecule has 148 valence electrons. The van der Waals surface area contributed by atoms with Gasteiger partial charge in [-0.3, -0.25) is 0 Å². The number of aromatic nitrogens is 2. The molecule has 0 radical (unpaired) electrons. The highest BCUT2D eigenvalue weighted by Crippen LogP contribution is 2.32. The lowest BCUT2D eigenvalue weighted by molar-refractivity contribution is 0.131. The van der Waals surface area contributed by atoms with Crippen LogP contribution in [-0.4, -0.2) is 65.1 Å². The Morgan fingerprint density at radius 2 is 2.21 bits per heavy atom. The number of nitrogens with one attached hydrogen (secondary N) is 1. The summed E-state index contributed by atoms with van der Waals surface area (Å²) >= 11 is 0. The Bertz CT molecular complexity index is 917. The average Bonchev–Trinajstić information content (AvgIpc) is 3.34. The lowest BCUT2D eigenvalue weighted by atomic mass is 9.92. The summed E-state index contributed by atoms with van der Waals surface area (Å²) in [5, 5.41) is 10.5. The molecule has 0 bridgehead atoms. The van der Waals surface area contributed by atoms with Crippen molar-refractivity contribution < 1.29 is 4.79 Å². The maximum Gasteiger partial charge on any atom is 0.320 e. The van der Waals surface area contributed by atoms with Gasteiger partial charge in [-0.05, 0) is 37.8 Å². The molecular weight excluding hydrogens is 352 g/mol. The van der Waals surface area contributed by atoms with Gasteiger partial charge in [-0.15, -0.1) is 0 Å². The number of aromatic amines is 1. The van der Waals surface area contributed by atoms with Crippen molar-refractivity contribution in [3.8, 4) is 6.07 Å². The maximum absolute atomic E-state index is 13.1. The molecule has 2 aromatic rings. The van der Waals surface area contributed by atoms with Crippen LogP contribution in [0.3, 0.4) is 0 Å². The van der Waals surface area contributed by atoms with Crippen molar-refractivity contribution in [2.75, 3.05) is 38.1 Å². The largest absolute Gasteiger partial charge is 0.369 e. The molecule has 0 aliphatic carbocycles. The van der Waals surface area contributed by atoms with Gasteiger partial charge in [0.15, 0.2) is 0 Å². The van der Waals surface area contributed by atoms with Crippen molar-refractivity contribution >= 4 is 22.8 Å². The second-order valence-corrected chi connectivity index (χ2v) is 8.59. The Balaban J connectivity index is 1.51. The third-order valence-electron chi connectivity index (χ3n) is 6.52. The number of hydrogen-bond donors (Lipinski definition) is 1. The highest BCUT2D eigenvalue weighted by Gasteiger charge is 2.40. The average molecular weight is 380 g/mol. The summed E-state index contributed by atoms with van der Waals surface area (Å²) in [5.74, 6) is 0.485. The van der Waals surface area contributed by atoms with Crippen LogP contribution in [0.4, 0.5) is 10.5 Å². The van der Waals surface area contributed by atoms with Crippen molar-refractivity contribution in [1.82, 2.24) is 19.8 Å². The summed E-state index contributed by atoms with van der Waals surface area (Å²) in [4.78, 5) is 26.8. The first-order chi connectivity index (χ1) is 13.4. The van der Waals surface area contributed by atoms with Gasteiger partial charge in [-0.25, -0.2) is 9.78 Å². The third-order valence-corrected chi connectivity index (χ3v) is 6.52. The fourth-order valence-corrected chi connectivity index (χ4v) is 4.57. The van der Waals surface area contributed by atoms with Gasteiger partial charge in [-0.2, -0.15) is 5.26 Å². The SMILES string of the molecule is C[C@@H]1CCN(C(=O)N2CCC(C)(C#N)C2)CC1N(C)c1ccnc2[nH]ccc12.